The molecule has 2 aromatic carbocycles. The largest absolute Gasteiger partial charge is 0.368 e. The topological polar surface area (TPSA) is 59.6 Å². The first kappa shape index (κ1) is 24.3. The Hall–Kier alpha value is -3.39. The average Bonchev–Trinajstić information content (AvgIpc) is 2.94. The predicted octanol–water partition coefficient (Wildman–Crippen LogP) is 4.84. The molecule has 5 rings (SSSR count). The molecule has 1 aromatic heterocycles. The van der Waals surface area contributed by atoms with Gasteiger partial charge in [-0.05, 0) is 56.1 Å². The molecule has 36 heavy (non-hydrogen) atoms. The van der Waals surface area contributed by atoms with Gasteiger partial charge in [-0.2, -0.15) is 9.97 Å². The second-order valence-electron chi connectivity index (χ2n) is 9.50. The van der Waals surface area contributed by atoms with E-state index in [0.29, 0.717) is 11.1 Å². The minimum Gasteiger partial charge on any atom is -0.368 e. The Morgan fingerprint density at radius 1 is 0.750 bits per heavy atom. The van der Waals surface area contributed by atoms with Crippen LogP contribution in [0.3, 0.4) is 0 Å². The third-order valence-corrected chi connectivity index (χ3v) is 7.20. The summed E-state index contributed by atoms with van der Waals surface area (Å²) in [5.74, 6) is 2.49. The van der Waals surface area contributed by atoms with Gasteiger partial charge in [0, 0.05) is 51.0 Å². The van der Waals surface area contributed by atoms with Crippen LogP contribution in [0.25, 0.3) is 0 Å². The number of rotatable bonds is 6. The van der Waals surface area contributed by atoms with Crippen LogP contribution < -0.4 is 25.3 Å². The Morgan fingerprint density at radius 3 is 1.94 bits per heavy atom. The molecule has 0 aliphatic carbocycles. The molecule has 2 aliphatic heterocycles. The summed E-state index contributed by atoms with van der Waals surface area (Å²) in [6.07, 6.45) is 3.69. The molecule has 2 fully saturated rings. The minimum atomic E-state index is 0.0852. The fourth-order valence-corrected chi connectivity index (χ4v) is 5.18. The third-order valence-electron chi connectivity index (χ3n) is 6.98. The summed E-state index contributed by atoms with van der Waals surface area (Å²) in [6.45, 7) is 7.93. The van der Waals surface area contributed by atoms with Gasteiger partial charge in [-0.25, -0.2) is 0 Å². The van der Waals surface area contributed by atoms with Crippen LogP contribution in [0.15, 0.2) is 66.7 Å². The number of thiocarbonyl (C=S) groups is 1. The smallest absolute Gasteiger partial charge is 0.232 e. The van der Waals surface area contributed by atoms with Gasteiger partial charge in [0.25, 0.3) is 0 Å². The molecule has 188 valence electrons. The molecule has 3 aromatic rings. The van der Waals surface area contributed by atoms with Crippen LogP contribution >= 0.6 is 12.2 Å². The van der Waals surface area contributed by atoms with Crippen LogP contribution in [-0.4, -0.2) is 54.3 Å². The first-order valence-corrected chi connectivity index (χ1v) is 13.4. The van der Waals surface area contributed by atoms with E-state index in [2.05, 4.69) is 80.8 Å². The average molecular weight is 502 g/mol. The van der Waals surface area contributed by atoms with E-state index in [0.717, 1.165) is 50.9 Å². The van der Waals surface area contributed by atoms with Crippen LogP contribution in [0.4, 0.5) is 23.3 Å². The molecular formula is C28H35N7S. The highest BCUT2D eigenvalue weighted by molar-refractivity contribution is 7.80. The molecule has 0 saturated carbocycles. The quantitative estimate of drug-likeness (QED) is 0.466. The van der Waals surface area contributed by atoms with Crippen molar-refractivity contribution >= 4 is 40.6 Å². The zero-order chi connectivity index (χ0) is 24.7. The zero-order valence-electron chi connectivity index (χ0n) is 20.9. The van der Waals surface area contributed by atoms with E-state index in [-0.39, 0.29) is 6.04 Å². The summed E-state index contributed by atoms with van der Waals surface area (Å²) in [7, 11) is 0. The fourth-order valence-electron chi connectivity index (χ4n) is 4.92. The maximum Gasteiger partial charge on any atom is 0.232 e. The van der Waals surface area contributed by atoms with Gasteiger partial charge in [0.1, 0.15) is 11.6 Å². The van der Waals surface area contributed by atoms with Crippen molar-refractivity contribution in [2.24, 2.45) is 0 Å². The summed E-state index contributed by atoms with van der Waals surface area (Å²) in [5.41, 5.74) is 2.46. The highest BCUT2D eigenvalue weighted by atomic mass is 32.1. The molecular weight excluding hydrogens is 466 g/mol. The number of anilines is 4. The van der Waals surface area contributed by atoms with Crippen molar-refractivity contribution in [3.8, 4) is 0 Å². The summed E-state index contributed by atoms with van der Waals surface area (Å²) in [4.78, 5) is 17.0. The van der Waals surface area contributed by atoms with Crippen molar-refractivity contribution in [3.63, 3.8) is 0 Å². The Balaban J connectivity index is 1.31. The molecule has 0 radical (unpaired) electrons. The molecule has 0 spiro atoms. The van der Waals surface area contributed by atoms with Crippen LogP contribution in [0.2, 0.25) is 0 Å². The van der Waals surface area contributed by atoms with E-state index in [1.807, 2.05) is 18.2 Å². The second-order valence-corrected chi connectivity index (χ2v) is 9.90. The number of hydrogen-bond acceptors (Lipinski definition) is 6. The maximum atomic E-state index is 5.65. The number of nitrogens with one attached hydrogen (secondary N) is 2. The number of nitrogens with zero attached hydrogens (tertiary/aromatic N) is 5. The summed E-state index contributed by atoms with van der Waals surface area (Å²) in [6, 6.07) is 23.2. The van der Waals surface area contributed by atoms with Gasteiger partial charge in [0.15, 0.2) is 5.11 Å². The van der Waals surface area contributed by atoms with Crippen molar-refractivity contribution in [2.75, 3.05) is 59.3 Å². The Bertz CT molecular complexity index is 1130. The number of aromatic nitrogens is 2. The van der Waals surface area contributed by atoms with Gasteiger partial charge in [-0.3, -0.25) is 0 Å². The highest BCUT2D eigenvalue weighted by Crippen LogP contribution is 2.26. The lowest BCUT2D eigenvalue weighted by Gasteiger charge is -2.37. The zero-order valence-corrected chi connectivity index (χ0v) is 21.8. The van der Waals surface area contributed by atoms with Crippen LogP contribution in [0.1, 0.15) is 37.8 Å². The van der Waals surface area contributed by atoms with E-state index >= 15 is 0 Å². The molecule has 0 unspecified atom stereocenters. The number of benzene rings is 2. The van der Waals surface area contributed by atoms with Gasteiger partial charge in [0.05, 0.1) is 6.04 Å². The van der Waals surface area contributed by atoms with E-state index < -0.39 is 0 Å². The first-order valence-electron chi connectivity index (χ1n) is 13.0. The second kappa shape index (κ2) is 11.6. The van der Waals surface area contributed by atoms with E-state index in [9.17, 15) is 0 Å². The number of hydrogen-bond donors (Lipinski definition) is 2. The molecule has 2 N–H and O–H groups in total. The third kappa shape index (κ3) is 6.05. The monoisotopic (exact) mass is 501 g/mol. The van der Waals surface area contributed by atoms with Gasteiger partial charge >= 0.3 is 0 Å². The van der Waals surface area contributed by atoms with E-state index in [1.54, 1.807) is 0 Å². The lowest BCUT2D eigenvalue weighted by atomic mass is 10.1. The van der Waals surface area contributed by atoms with Crippen molar-refractivity contribution in [3.05, 3.63) is 72.3 Å². The van der Waals surface area contributed by atoms with Crippen molar-refractivity contribution in [1.29, 1.82) is 0 Å². The van der Waals surface area contributed by atoms with Crippen molar-refractivity contribution in [2.45, 2.75) is 32.2 Å². The van der Waals surface area contributed by atoms with Crippen LogP contribution in [-0.2, 0) is 0 Å². The SMILES string of the molecule is C[C@@H](NC(=S)Nc1nc(N2CCCCC2)cc(N2CCN(c3ccccc3)CC2)n1)c1ccccc1. The normalized spacial score (nSPS) is 17.0. The molecule has 8 heteroatoms. The maximum absolute atomic E-state index is 5.65. The van der Waals surface area contributed by atoms with Crippen molar-refractivity contribution < 1.29 is 0 Å². The molecule has 0 amide bonds. The number of piperidine rings is 1. The van der Waals surface area contributed by atoms with E-state index in [1.165, 1.54) is 30.5 Å². The summed E-state index contributed by atoms with van der Waals surface area (Å²) in [5, 5.41) is 7.17. The Morgan fingerprint density at radius 2 is 1.31 bits per heavy atom. The molecule has 0 bridgehead atoms. The van der Waals surface area contributed by atoms with Gasteiger partial charge < -0.3 is 25.3 Å². The Labute approximate surface area is 219 Å². The van der Waals surface area contributed by atoms with Crippen molar-refractivity contribution in [1.82, 2.24) is 15.3 Å². The Kier molecular flexibility index (Phi) is 7.81. The van der Waals surface area contributed by atoms with Gasteiger partial charge in [-0.1, -0.05) is 48.5 Å². The minimum absolute atomic E-state index is 0.0852. The molecule has 1 atom stereocenters. The van der Waals surface area contributed by atoms with Crippen LogP contribution in [0.5, 0.6) is 0 Å². The first-order chi connectivity index (χ1) is 17.7. The molecule has 3 heterocycles. The predicted molar refractivity (Wildman–Crippen MR) is 153 cm³/mol. The lowest BCUT2D eigenvalue weighted by molar-refractivity contribution is 0.573. The highest BCUT2D eigenvalue weighted by Gasteiger charge is 2.22. The van der Waals surface area contributed by atoms with Gasteiger partial charge in [-0.15, -0.1) is 0 Å². The lowest BCUT2D eigenvalue weighted by Crippen LogP contribution is -2.47. The van der Waals surface area contributed by atoms with E-state index in [4.69, 9.17) is 22.2 Å². The molecule has 2 saturated heterocycles. The van der Waals surface area contributed by atoms with Gasteiger partial charge in [0.2, 0.25) is 5.95 Å². The number of para-hydroxylation sites is 1. The fraction of sp³-hybridized carbons (Fsp3) is 0.393. The summed E-state index contributed by atoms with van der Waals surface area (Å²) >= 11 is 5.65. The molecule has 7 nitrogen and oxygen atoms in total. The molecule has 2 aliphatic rings. The standard InChI is InChI=1S/C28H35N7S/c1-22(23-11-5-2-6-12-23)29-28(36)32-27-30-25(34-15-9-4-10-16-34)21-26(31-27)35-19-17-33(18-20-35)24-13-7-3-8-14-24/h2-3,5-8,11-14,21-22H,4,9-10,15-20H2,1H3,(H2,29,30,31,32,36)/t22-/m1/s1. The van der Waals surface area contributed by atoms with Crippen LogP contribution in [0, 0.1) is 0 Å². The summed E-state index contributed by atoms with van der Waals surface area (Å²) < 4.78 is 0. The number of piperazine rings is 1.